The zero-order valence-corrected chi connectivity index (χ0v) is 76.0. The maximum atomic E-state index is 7.00. The lowest BCUT2D eigenvalue weighted by atomic mass is 9.91. The predicted octanol–water partition coefficient (Wildman–Crippen LogP) is 31.8. The minimum absolute atomic E-state index is 0.580. The van der Waals surface area contributed by atoms with Crippen molar-refractivity contribution >= 4 is 110 Å². The lowest BCUT2D eigenvalue weighted by molar-refractivity contribution is 0.259. The molecule has 628 valence electrons. The molecular weight excluding hydrogens is 1550 g/mol. The van der Waals surface area contributed by atoms with Gasteiger partial charge in [-0.25, -0.2) is 0 Å². The van der Waals surface area contributed by atoms with Crippen LogP contribution in [0.1, 0.15) is 303 Å². The van der Waals surface area contributed by atoms with E-state index in [0.29, 0.717) is 52.9 Å². The minimum atomic E-state index is 0.580. The molecule has 1 aliphatic rings. The van der Waals surface area contributed by atoms with Crippen LogP contribution in [-0.2, 0) is 0 Å². The summed E-state index contributed by atoms with van der Waals surface area (Å²) < 4.78 is 55.4. The van der Waals surface area contributed by atoms with Gasteiger partial charge in [0.15, 0.2) is 23.0 Å². The van der Waals surface area contributed by atoms with Gasteiger partial charge in [0.05, 0.1) is 94.6 Å². The Kier molecular flexibility index (Phi) is 34.4. The van der Waals surface area contributed by atoms with Crippen LogP contribution in [0, 0.1) is 47.4 Å². The molecule has 12 heteroatoms. The molecule has 0 unspecified atom stereocenters. The number of unbranched alkanes of at least 4 members (excludes halogenated alkanes) is 24. The molecule has 0 radical (unpaired) electrons. The Morgan fingerprint density at radius 2 is 0.333 bits per heavy atom. The van der Waals surface area contributed by atoms with Gasteiger partial charge in [-0.1, -0.05) is 257 Å². The number of hydrogen-bond acceptors (Lipinski definition) is 12. The maximum absolute atomic E-state index is 7.00. The topological polar surface area (TPSA) is 73.8 Å². The molecule has 5 heterocycles. The largest absolute Gasteiger partial charge is 0.492 e. The summed E-state index contributed by atoms with van der Waals surface area (Å²) in [5.74, 6) is 35.8. The zero-order valence-electron chi connectivity index (χ0n) is 72.7. The number of fused-ring (bicyclic) bond motifs is 20. The van der Waals surface area contributed by atoms with E-state index in [9.17, 15) is 0 Å². The quantitative estimate of drug-likeness (QED) is 0.0212. The van der Waals surface area contributed by atoms with Gasteiger partial charge in [-0.3, -0.25) is 0 Å². The van der Waals surface area contributed by atoms with E-state index in [-0.39, 0.29) is 0 Å². The van der Waals surface area contributed by atoms with E-state index >= 15 is 0 Å². The molecule has 1 aliphatic heterocycles. The summed E-state index contributed by atoms with van der Waals surface area (Å²) in [6.07, 6.45) is 35.0. The molecule has 120 heavy (non-hydrogen) atoms. The van der Waals surface area contributed by atoms with Crippen molar-refractivity contribution in [3.8, 4) is 113 Å². The standard InChI is InChI=1S/C108H124O8S4/c1-9-17-25-33-57-109-97-69-89-85-65-77(97)41-45-81-49-53-105(117-81)106-54-50-83(118-106)47-43-79-67-87-88-68-80(100(112-60-36-28-20-12-4)72-92(88)96-76-104(116-64-40-32-24-16-8)103(115-63-39-31-23-15-7)75-95(96)91(87)71-99(79)111-59-35-27-19-11-3)44-48-84-52-56-108(120-84)107-55-51-82(119-107)46-42-78-66-86(85)90(70-98(78)110-58-34-26-18-10-2)94-74-102(114-62-38-30-22-14-6)101(73-93(89)94)113-61-37-29-21-13-5/h49-56,65-76H,9-40,57-64H2,1-8H3. The second-order valence-electron chi connectivity index (χ2n) is 32.2. The van der Waals surface area contributed by atoms with Crippen molar-refractivity contribution in [2.24, 2.45) is 0 Å². The highest BCUT2D eigenvalue weighted by atomic mass is 32.1. The predicted molar refractivity (Wildman–Crippen MR) is 514 cm³/mol. The van der Waals surface area contributed by atoms with Crippen LogP contribution in [0.4, 0.5) is 0 Å². The first-order valence-electron chi connectivity index (χ1n) is 45.8. The van der Waals surface area contributed by atoms with E-state index < -0.39 is 0 Å². The number of rotatable bonds is 48. The fourth-order valence-electron chi connectivity index (χ4n) is 15.8. The van der Waals surface area contributed by atoms with Crippen LogP contribution in [0.25, 0.3) is 84.1 Å². The van der Waals surface area contributed by atoms with Gasteiger partial charge in [0.25, 0.3) is 0 Å². The van der Waals surface area contributed by atoms with Gasteiger partial charge in [-0.15, -0.1) is 45.3 Å². The molecule has 0 saturated heterocycles. The average molecular weight is 1680 g/mol. The minimum Gasteiger partial charge on any atom is -0.492 e. The van der Waals surface area contributed by atoms with Gasteiger partial charge >= 0.3 is 0 Å². The molecule has 0 saturated carbocycles. The van der Waals surface area contributed by atoms with Crippen molar-refractivity contribution in [1.29, 1.82) is 0 Å². The second-order valence-corrected chi connectivity index (χ2v) is 36.5. The molecule has 13 rings (SSSR count). The van der Waals surface area contributed by atoms with Crippen molar-refractivity contribution in [2.75, 3.05) is 52.9 Å². The summed E-state index contributed by atoms with van der Waals surface area (Å²) in [5, 5.41) is 12.7. The van der Waals surface area contributed by atoms with Gasteiger partial charge in [-0.05, 0) is 237 Å². The van der Waals surface area contributed by atoms with Gasteiger partial charge < -0.3 is 37.9 Å². The van der Waals surface area contributed by atoms with E-state index in [1.54, 1.807) is 45.3 Å². The molecule has 0 amide bonds. The monoisotopic (exact) mass is 1680 g/mol. The van der Waals surface area contributed by atoms with Gasteiger partial charge in [0, 0.05) is 19.5 Å². The summed E-state index contributed by atoms with van der Waals surface area (Å²) in [6.45, 7) is 22.8. The molecule has 16 bridgehead atoms. The van der Waals surface area contributed by atoms with Crippen molar-refractivity contribution in [1.82, 2.24) is 0 Å². The Bertz CT molecular complexity index is 4970. The normalized spacial score (nSPS) is 11.7. The number of ether oxygens (including phenoxy) is 8. The number of hydrogen-bond donors (Lipinski definition) is 0. The first-order valence-corrected chi connectivity index (χ1v) is 49.1. The SMILES string of the molecule is CCCCCCOc1cc2c3cc1C#Cc1ccc(s1)-c1ccc(s1)C#Cc1cc4c5cc(c(OCCCCCC)cc5c5cc(OCCCCCC)c(OCCCCCC)cc5c4cc1OCCCCCC)C#Cc1ccc(s1)-c1ccc(s1)C#Cc1cc3c(cc1OCCCCCC)c1cc(OCCCCCC)c(OCCCCCC)cc21. The molecule has 0 fully saturated rings. The van der Waals surface area contributed by atoms with Gasteiger partial charge in [0.1, 0.15) is 23.0 Å². The fraction of sp³-hybridized carbons (Fsp3) is 0.444. The highest BCUT2D eigenvalue weighted by Crippen LogP contribution is 2.48. The molecule has 0 atom stereocenters. The fourth-order valence-corrected chi connectivity index (χ4v) is 19.4. The second kappa shape index (κ2) is 46.7. The Hall–Kier alpha value is -9.24. The first kappa shape index (κ1) is 88.5. The lowest BCUT2D eigenvalue weighted by Crippen LogP contribution is -2.04. The molecule has 0 spiro atoms. The van der Waals surface area contributed by atoms with Crippen LogP contribution >= 0.6 is 45.3 Å². The summed E-state index contributed by atoms with van der Waals surface area (Å²) in [7, 11) is 0. The summed E-state index contributed by atoms with van der Waals surface area (Å²) in [4.78, 5) is 8.36. The van der Waals surface area contributed by atoms with Crippen LogP contribution in [0.5, 0.6) is 46.0 Å². The third-order valence-corrected chi connectivity index (χ3v) is 27.0. The van der Waals surface area contributed by atoms with Crippen LogP contribution in [0.15, 0.2) is 121 Å². The summed E-state index contributed by atoms with van der Waals surface area (Å²) in [5.41, 5.74) is 3.32. The van der Waals surface area contributed by atoms with Crippen LogP contribution in [-0.4, -0.2) is 52.9 Å². The van der Waals surface area contributed by atoms with Crippen molar-refractivity contribution in [3.63, 3.8) is 0 Å². The third kappa shape index (κ3) is 23.7. The third-order valence-electron chi connectivity index (χ3n) is 22.6. The average Bonchev–Trinajstić information content (AvgIpc) is 0.767. The molecular formula is C108H124O8S4. The van der Waals surface area contributed by atoms with E-state index in [4.69, 9.17) is 37.9 Å². The molecule has 0 N–H and O–H groups in total. The van der Waals surface area contributed by atoms with Crippen LogP contribution in [0.2, 0.25) is 0 Å². The highest BCUT2D eigenvalue weighted by molar-refractivity contribution is 7.23. The molecule has 8 aromatic carbocycles. The lowest BCUT2D eigenvalue weighted by Gasteiger charge is -2.19. The first-order chi connectivity index (χ1) is 59.2. The summed E-state index contributed by atoms with van der Waals surface area (Å²) in [6, 6.07) is 44.5. The Morgan fingerprint density at radius 3 is 0.508 bits per heavy atom. The molecule has 4 aromatic heterocycles. The van der Waals surface area contributed by atoms with Crippen LogP contribution < -0.4 is 37.9 Å². The smallest absolute Gasteiger partial charge is 0.161 e. The van der Waals surface area contributed by atoms with E-state index in [1.807, 2.05) is 0 Å². The Balaban J connectivity index is 1.01. The maximum Gasteiger partial charge on any atom is 0.161 e. The van der Waals surface area contributed by atoms with E-state index in [0.717, 1.165) is 352 Å². The zero-order chi connectivity index (χ0) is 83.0. The number of benzene rings is 8. The summed E-state index contributed by atoms with van der Waals surface area (Å²) >= 11 is 6.82. The molecule has 0 aliphatic carbocycles. The van der Waals surface area contributed by atoms with Crippen LogP contribution in [0.3, 0.4) is 0 Å². The van der Waals surface area contributed by atoms with Crippen molar-refractivity contribution < 1.29 is 37.9 Å². The number of thiophene rings is 4. The Labute approximate surface area is 732 Å². The van der Waals surface area contributed by atoms with Crippen molar-refractivity contribution in [3.05, 3.63) is 163 Å². The highest BCUT2D eigenvalue weighted by Gasteiger charge is 2.24. The van der Waals surface area contributed by atoms with E-state index in [1.165, 1.54) is 25.7 Å². The van der Waals surface area contributed by atoms with Gasteiger partial charge in [-0.2, -0.15) is 0 Å². The van der Waals surface area contributed by atoms with Crippen molar-refractivity contribution in [2.45, 2.75) is 261 Å². The van der Waals surface area contributed by atoms with E-state index in [2.05, 4.69) is 224 Å². The molecule has 8 nitrogen and oxygen atoms in total. The molecule has 12 aromatic rings. The Morgan fingerprint density at radius 1 is 0.175 bits per heavy atom. The van der Waals surface area contributed by atoms with Gasteiger partial charge in [0.2, 0.25) is 0 Å².